The second-order valence-electron chi connectivity index (χ2n) is 6.15. The second-order valence-corrected chi connectivity index (χ2v) is 8.02. The maximum atomic E-state index is 12.0. The topological polar surface area (TPSA) is 69.4 Å². The van der Waals surface area contributed by atoms with E-state index in [-0.39, 0.29) is 16.2 Å². The van der Waals surface area contributed by atoms with Gasteiger partial charge in [-0.3, -0.25) is 10.1 Å². The molecule has 0 aliphatic carbocycles. The number of nitrogens with zero attached hydrogens (tertiary/aromatic N) is 1. The minimum absolute atomic E-state index is 0.120. The number of carbonyl (C=O) groups excluding carboxylic acids is 1. The van der Waals surface area contributed by atoms with Crippen LogP contribution in [0.2, 0.25) is 0 Å². The van der Waals surface area contributed by atoms with Crippen LogP contribution in [0.5, 0.6) is 0 Å². The van der Waals surface area contributed by atoms with Crippen LogP contribution in [0.3, 0.4) is 0 Å². The number of cyclic esters (lactones) is 1. The average molecular weight is 321 g/mol. The molecule has 1 aliphatic heterocycles. The predicted molar refractivity (Wildman–Crippen MR) is 86.4 cm³/mol. The van der Waals surface area contributed by atoms with Crippen molar-refractivity contribution < 1.29 is 14.5 Å². The van der Waals surface area contributed by atoms with Gasteiger partial charge < -0.3 is 4.74 Å². The third-order valence-corrected chi connectivity index (χ3v) is 4.28. The minimum Gasteiger partial charge on any atom is -0.453 e. The van der Waals surface area contributed by atoms with E-state index >= 15 is 0 Å². The van der Waals surface area contributed by atoms with Gasteiger partial charge in [-0.05, 0) is 11.6 Å². The number of benzene rings is 1. The fourth-order valence-corrected chi connectivity index (χ4v) is 3.29. The lowest BCUT2D eigenvalue weighted by Crippen LogP contribution is -2.25. The van der Waals surface area contributed by atoms with E-state index in [9.17, 15) is 14.9 Å². The van der Waals surface area contributed by atoms with Gasteiger partial charge in [0, 0.05) is 9.67 Å². The zero-order chi connectivity index (χ0) is 16.3. The lowest BCUT2D eigenvalue weighted by molar-refractivity contribution is -0.484. The van der Waals surface area contributed by atoms with E-state index in [1.807, 2.05) is 51.1 Å². The van der Waals surface area contributed by atoms with Gasteiger partial charge in [0.15, 0.2) is 0 Å². The Kier molecular flexibility index (Phi) is 4.90. The molecule has 0 saturated carbocycles. The van der Waals surface area contributed by atoms with Gasteiger partial charge in [0.05, 0.1) is 10.8 Å². The summed E-state index contributed by atoms with van der Waals surface area (Å²) in [5.41, 5.74) is 0.801. The van der Waals surface area contributed by atoms with E-state index in [2.05, 4.69) is 0 Å². The van der Waals surface area contributed by atoms with Crippen LogP contribution < -0.4 is 0 Å². The standard InChI is InChI=1S/C16H19NO4S/c1-16(2,3)22-14-9-13(21-15(14)18)12(10-17(19)20)11-7-5-4-6-8-11/h4-9,12-13H,10H2,1-3H3/t12-,13+/m0/s1. The van der Waals surface area contributed by atoms with Crippen molar-refractivity contribution in [2.24, 2.45) is 0 Å². The van der Waals surface area contributed by atoms with Gasteiger partial charge in [-0.2, -0.15) is 0 Å². The molecule has 0 unspecified atom stereocenters. The van der Waals surface area contributed by atoms with E-state index in [4.69, 9.17) is 4.74 Å². The van der Waals surface area contributed by atoms with Crippen LogP contribution in [0, 0.1) is 10.1 Å². The summed E-state index contributed by atoms with van der Waals surface area (Å²) in [7, 11) is 0. The lowest BCUT2D eigenvalue weighted by Gasteiger charge is -2.18. The first-order valence-electron chi connectivity index (χ1n) is 7.05. The Balaban J connectivity index is 2.26. The highest BCUT2D eigenvalue weighted by Gasteiger charge is 2.37. The van der Waals surface area contributed by atoms with Crippen LogP contribution in [0.1, 0.15) is 32.3 Å². The van der Waals surface area contributed by atoms with Gasteiger partial charge in [0.1, 0.15) is 6.10 Å². The van der Waals surface area contributed by atoms with Crippen LogP contribution >= 0.6 is 11.8 Å². The Morgan fingerprint density at radius 3 is 2.50 bits per heavy atom. The van der Waals surface area contributed by atoms with Gasteiger partial charge >= 0.3 is 5.97 Å². The SMILES string of the molecule is CC(C)(C)SC1=C[C@H]([C@@H](C[N+](=O)[O-])c2ccccc2)OC1=O. The molecule has 2 rings (SSSR count). The number of nitro groups is 1. The zero-order valence-corrected chi connectivity index (χ0v) is 13.6. The molecule has 118 valence electrons. The number of hydrogen-bond donors (Lipinski definition) is 0. The van der Waals surface area contributed by atoms with Crippen LogP contribution in [0.4, 0.5) is 0 Å². The van der Waals surface area contributed by atoms with Crippen molar-refractivity contribution in [3.05, 3.63) is 57.0 Å². The van der Waals surface area contributed by atoms with E-state index in [1.54, 1.807) is 6.08 Å². The molecule has 0 fully saturated rings. The van der Waals surface area contributed by atoms with E-state index in [1.165, 1.54) is 11.8 Å². The summed E-state index contributed by atoms with van der Waals surface area (Å²) in [5, 5.41) is 11.0. The van der Waals surface area contributed by atoms with Crippen molar-refractivity contribution in [2.45, 2.75) is 37.5 Å². The first kappa shape index (κ1) is 16.5. The Morgan fingerprint density at radius 1 is 1.32 bits per heavy atom. The summed E-state index contributed by atoms with van der Waals surface area (Å²) >= 11 is 1.42. The lowest BCUT2D eigenvalue weighted by atomic mass is 9.93. The molecule has 0 radical (unpaired) electrons. The van der Waals surface area contributed by atoms with E-state index in [0.29, 0.717) is 4.91 Å². The Labute approximate surface area is 133 Å². The van der Waals surface area contributed by atoms with Gasteiger partial charge in [0.25, 0.3) is 0 Å². The molecule has 1 aromatic carbocycles. The molecule has 1 aliphatic rings. The summed E-state index contributed by atoms with van der Waals surface area (Å²) in [6.07, 6.45) is 1.13. The number of ether oxygens (including phenoxy) is 1. The molecule has 2 atom stereocenters. The highest BCUT2D eigenvalue weighted by Crippen LogP contribution is 2.38. The molecule has 0 saturated heterocycles. The molecule has 0 N–H and O–H groups in total. The number of hydrogen-bond acceptors (Lipinski definition) is 5. The smallest absolute Gasteiger partial charge is 0.345 e. The minimum atomic E-state index is -0.592. The Bertz CT molecular complexity index is 592. The summed E-state index contributed by atoms with van der Waals surface area (Å²) < 4.78 is 5.26. The van der Waals surface area contributed by atoms with Crippen LogP contribution in [0.25, 0.3) is 0 Å². The van der Waals surface area contributed by atoms with E-state index in [0.717, 1.165) is 5.56 Å². The molecule has 0 amide bonds. The van der Waals surface area contributed by atoms with Crippen molar-refractivity contribution >= 4 is 17.7 Å². The molecule has 22 heavy (non-hydrogen) atoms. The highest BCUT2D eigenvalue weighted by molar-refractivity contribution is 8.05. The first-order chi connectivity index (χ1) is 10.3. The van der Waals surface area contributed by atoms with Gasteiger partial charge in [0.2, 0.25) is 6.54 Å². The largest absolute Gasteiger partial charge is 0.453 e. The highest BCUT2D eigenvalue weighted by atomic mass is 32.2. The van der Waals surface area contributed by atoms with Gasteiger partial charge in [-0.1, -0.05) is 51.1 Å². The second kappa shape index (κ2) is 6.52. The number of carbonyl (C=O) groups is 1. The predicted octanol–water partition coefficient (Wildman–Crippen LogP) is 3.39. The van der Waals surface area contributed by atoms with Crippen LogP contribution in [0.15, 0.2) is 41.3 Å². The fourth-order valence-electron chi connectivity index (χ4n) is 2.30. The summed E-state index contributed by atoms with van der Waals surface area (Å²) in [6.45, 7) is 5.74. The van der Waals surface area contributed by atoms with Crippen molar-refractivity contribution in [1.29, 1.82) is 0 Å². The molecule has 0 aromatic heterocycles. The fraction of sp³-hybridized carbons (Fsp3) is 0.438. The van der Waals surface area contributed by atoms with Crippen molar-refractivity contribution in [1.82, 2.24) is 0 Å². The molecule has 1 aromatic rings. The summed E-state index contributed by atoms with van der Waals surface area (Å²) in [5.74, 6) is -0.868. The molecular weight excluding hydrogens is 302 g/mol. The normalized spacial score (nSPS) is 19.5. The van der Waals surface area contributed by atoms with Crippen LogP contribution in [-0.2, 0) is 9.53 Å². The quantitative estimate of drug-likeness (QED) is 0.472. The average Bonchev–Trinajstić information content (AvgIpc) is 2.76. The third kappa shape index (κ3) is 4.34. The zero-order valence-electron chi connectivity index (χ0n) is 12.8. The molecule has 0 bridgehead atoms. The van der Waals surface area contributed by atoms with Crippen LogP contribution in [-0.4, -0.2) is 28.3 Å². The summed E-state index contributed by atoms with van der Waals surface area (Å²) in [6, 6.07) is 9.15. The van der Waals surface area contributed by atoms with Crippen molar-refractivity contribution in [2.75, 3.05) is 6.54 Å². The Morgan fingerprint density at radius 2 is 1.95 bits per heavy atom. The number of esters is 1. The van der Waals surface area contributed by atoms with Gasteiger partial charge in [-0.15, -0.1) is 11.8 Å². The van der Waals surface area contributed by atoms with Crippen molar-refractivity contribution in [3.8, 4) is 0 Å². The molecule has 1 heterocycles. The maximum absolute atomic E-state index is 12.0. The third-order valence-electron chi connectivity index (χ3n) is 3.15. The van der Waals surface area contributed by atoms with Crippen molar-refractivity contribution in [3.63, 3.8) is 0 Å². The monoisotopic (exact) mass is 321 g/mol. The number of thioether (sulfide) groups is 1. The molecule has 5 nitrogen and oxygen atoms in total. The molecule has 6 heteroatoms. The Hall–Kier alpha value is -1.82. The summed E-state index contributed by atoms with van der Waals surface area (Å²) in [4.78, 5) is 23.1. The first-order valence-corrected chi connectivity index (χ1v) is 7.86. The maximum Gasteiger partial charge on any atom is 0.345 e. The molecular formula is C16H19NO4S. The number of rotatable bonds is 5. The van der Waals surface area contributed by atoms with Gasteiger partial charge in [-0.25, -0.2) is 4.79 Å². The van der Waals surface area contributed by atoms with E-state index < -0.39 is 18.0 Å². The molecule has 0 spiro atoms.